The summed E-state index contributed by atoms with van der Waals surface area (Å²) in [6.45, 7) is -2.62. The van der Waals surface area contributed by atoms with Crippen molar-refractivity contribution in [3.05, 3.63) is 76.7 Å². The van der Waals surface area contributed by atoms with Crippen LogP contribution in [0.3, 0.4) is 0 Å². The maximum atomic E-state index is 12.5. The topological polar surface area (TPSA) is 80.1 Å². The predicted octanol–water partition coefficient (Wildman–Crippen LogP) is 3.84. The summed E-state index contributed by atoms with van der Waals surface area (Å²) in [5.74, 6) is 0.116. The first-order valence-corrected chi connectivity index (χ1v) is 7.88. The van der Waals surface area contributed by atoms with E-state index < -0.39 is 6.61 Å². The van der Waals surface area contributed by atoms with E-state index in [9.17, 15) is 13.6 Å². The molecular weight excluding hydrogens is 340 g/mol. The van der Waals surface area contributed by atoms with Crippen LogP contribution in [0.5, 0.6) is 5.75 Å². The second-order valence-electron chi connectivity index (χ2n) is 5.58. The van der Waals surface area contributed by atoms with Crippen LogP contribution >= 0.6 is 0 Å². The van der Waals surface area contributed by atoms with E-state index in [1.54, 1.807) is 36.5 Å². The zero-order valence-corrected chi connectivity index (χ0v) is 13.7. The van der Waals surface area contributed by atoms with Crippen LogP contribution in [-0.4, -0.2) is 11.6 Å². The van der Waals surface area contributed by atoms with Gasteiger partial charge in [0.25, 0.3) is 0 Å². The summed E-state index contributed by atoms with van der Waals surface area (Å²) in [5.41, 5.74) is 9.26. The van der Waals surface area contributed by atoms with E-state index in [0.717, 1.165) is 11.1 Å². The second-order valence-corrected chi connectivity index (χ2v) is 5.58. The molecule has 0 saturated heterocycles. The number of aromatic nitrogens is 1. The summed E-state index contributed by atoms with van der Waals surface area (Å²) in [5, 5.41) is 3.14. The number of anilines is 2. The summed E-state index contributed by atoms with van der Waals surface area (Å²) < 4.78 is 29.5. The van der Waals surface area contributed by atoms with Crippen molar-refractivity contribution in [2.75, 3.05) is 11.1 Å². The van der Waals surface area contributed by atoms with Crippen molar-refractivity contribution in [2.45, 2.75) is 13.2 Å². The Morgan fingerprint density at radius 2 is 1.85 bits per heavy atom. The van der Waals surface area contributed by atoms with Gasteiger partial charge in [0.2, 0.25) is 5.56 Å². The minimum atomic E-state index is -2.88. The Hall–Kier alpha value is -3.35. The number of nitrogens with two attached hydrogens (primary N) is 1. The van der Waals surface area contributed by atoms with Gasteiger partial charge >= 0.3 is 6.61 Å². The van der Waals surface area contributed by atoms with Gasteiger partial charge in [-0.1, -0.05) is 24.3 Å². The molecule has 5 nitrogen and oxygen atoms in total. The van der Waals surface area contributed by atoms with Gasteiger partial charge in [0.1, 0.15) is 5.75 Å². The molecule has 3 aromatic rings. The molecule has 1 aromatic heterocycles. The Morgan fingerprint density at radius 3 is 2.58 bits per heavy atom. The van der Waals surface area contributed by atoms with Crippen molar-refractivity contribution in [3.8, 4) is 16.9 Å². The number of nitrogen functional groups attached to an aromatic ring is 1. The van der Waals surface area contributed by atoms with E-state index in [1.807, 2.05) is 12.1 Å². The summed E-state index contributed by atoms with van der Waals surface area (Å²) in [6, 6.07) is 15.1. The molecule has 3 rings (SSSR count). The van der Waals surface area contributed by atoms with Crippen molar-refractivity contribution in [1.82, 2.24) is 4.98 Å². The molecule has 0 fully saturated rings. The zero-order valence-electron chi connectivity index (χ0n) is 13.7. The van der Waals surface area contributed by atoms with Crippen LogP contribution in [0.1, 0.15) is 5.56 Å². The van der Waals surface area contributed by atoms with Crippen LogP contribution in [0, 0.1) is 0 Å². The normalized spacial score (nSPS) is 10.7. The first-order chi connectivity index (χ1) is 12.5. The number of pyridine rings is 1. The van der Waals surface area contributed by atoms with E-state index in [2.05, 4.69) is 15.0 Å². The number of aromatic amines is 1. The van der Waals surface area contributed by atoms with E-state index in [4.69, 9.17) is 5.73 Å². The second kappa shape index (κ2) is 7.69. The number of alkyl halides is 2. The molecule has 0 unspecified atom stereocenters. The van der Waals surface area contributed by atoms with Gasteiger partial charge in [-0.05, 0) is 35.4 Å². The Bertz CT molecular complexity index is 937. The molecule has 0 atom stereocenters. The summed E-state index contributed by atoms with van der Waals surface area (Å²) in [7, 11) is 0. The van der Waals surface area contributed by atoms with Crippen LogP contribution in [-0.2, 0) is 6.54 Å². The average Bonchev–Trinajstić information content (AvgIpc) is 2.62. The molecule has 0 bridgehead atoms. The van der Waals surface area contributed by atoms with Crippen LogP contribution in [0.25, 0.3) is 11.1 Å². The van der Waals surface area contributed by atoms with Gasteiger partial charge in [0.15, 0.2) is 0 Å². The van der Waals surface area contributed by atoms with Gasteiger partial charge in [-0.15, -0.1) is 0 Å². The number of benzene rings is 2. The third-order valence-electron chi connectivity index (χ3n) is 3.83. The zero-order chi connectivity index (χ0) is 18.5. The van der Waals surface area contributed by atoms with Crippen molar-refractivity contribution in [1.29, 1.82) is 0 Å². The Morgan fingerprint density at radius 1 is 1.08 bits per heavy atom. The highest BCUT2D eigenvalue weighted by molar-refractivity contribution is 5.75. The highest BCUT2D eigenvalue weighted by atomic mass is 19.3. The lowest BCUT2D eigenvalue weighted by atomic mass is 10.1. The molecule has 0 saturated carbocycles. The minimum absolute atomic E-state index is 0.116. The number of ether oxygens (including phenoxy) is 1. The molecule has 7 heteroatoms. The highest BCUT2D eigenvalue weighted by Gasteiger charge is 2.10. The fraction of sp³-hybridized carbons (Fsp3) is 0.105. The first-order valence-electron chi connectivity index (χ1n) is 7.88. The third-order valence-corrected chi connectivity index (χ3v) is 3.83. The molecule has 0 aliphatic carbocycles. The molecule has 0 aliphatic rings. The number of hydrogen-bond donors (Lipinski definition) is 3. The SMILES string of the molecule is Nc1ccc(-c2ccc(=O)[nH]c2)cc1NCc1ccccc1OC(F)F. The molecule has 0 radical (unpaired) electrons. The molecule has 0 amide bonds. The van der Waals surface area contributed by atoms with Crippen molar-refractivity contribution in [3.63, 3.8) is 0 Å². The summed E-state index contributed by atoms with van der Waals surface area (Å²) in [4.78, 5) is 13.8. The number of H-pyrrole nitrogens is 1. The highest BCUT2D eigenvalue weighted by Crippen LogP contribution is 2.28. The van der Waals surface area contributed by atoms with E-state index in [0.29, 0.717) is 16.9 Å². The van der Waals surface area contributed by atoms with E-state index in [1.165, 1.54) is 12.1 Å². The fourth-order valence-electron chi connectivity index (χ4n) is 2.53. The van der Waals surface area contributed by atoms with Crippen LogP contribution in [0.15, 0.2) is 65.6 Å². The summed E-state index contributed by atoms with van der Waals surface area (Å²) >= 11 is 0. The largest absolute Gasteiger partial charge is 0.434 e. The molecule has 4 N–H and O–H groups in total. The molecule has 134 valence electrons. The van der Waals surface area contributed by atoms with Crippen molar-refractivity contribution < 1.29 is 13.5 Å². The van der Waals surface area contributed by atoms with Gasteiger partial charge in [0, 0.05) is 24.4 Å². The summed E-state index contributed by atoms with van der Waals surface area (Å²) in [6.07, 6.45) is 1.61. The predicted molar refractivity (Wildman–Crippen MR) is 97.3 cm³/mol. The van der Waals surface area contributed by atoms with Crippen LogP contribution < -0.4 is 21.3 Å². The monoisotopic (exact) mass is 357 g/mol. The van der Waals surface area contributed by atoms with Gasteiger partial charge in [-0.2, -0.15) is 8.78 Å². The Kier molecular flexibility index (Phi) is 5.17. The van der Waals surface area contributed by atoms with Gasteiger partial charge in [-0.3, -0.25) is 4.79 Å². The maximum absolute atomic E-state index is 12.5. The third kappa shape index (κ3) is 4.18. The lowest BCUT2D eigenvalue weighted by Gasteiger charge is -2.14. The number of para-hydroxylation sites is 1. The number of halogens is 2. The fourth-order valence-corrected chi connectivity index (χ4v) is 2.53. The molecular formula is C19H17F2N3O2. The molecule has 26 heavy (non-hydrogen) atoms. The van der Waals surface area contributed by atoms with Crippen molar-refractivity contribution >= 4 is 11.4 Å². The molecule has 1 heterocycles. The van der Waals surface area contributed by atoms with E-state index >= 15 is 0 Å². The molecule has 0 aliphatic heterocycles. The number of nitrogens with one attached hydrogen (secondary N) is 2. The Labute approximate surface area is 148 Å². The Balaban J connectivity index is 1.81. The first kappa shape index (κ1) is 17.5. The number of hydrogen-bond acceptors (Lipinski definition) is 4. The van der Waals surface area contributed by atoms with Crippen molar-refractivity contribution in [2.24, 2.45) is 0 Å². The molecule has 0 spiro atoms. The maximum Gasteiger partial charge on any atom is 0.387 e. The number of rotatable bonds is 6. The standard InChI is InChI=1S/C19H17F2N3O2/c20-19(21)26-17-4-2-1-3-14(17)11-23-16-9-12(5-7-15(16)22)13-6-8-18(25)24-10-13/h1-10,19,23H,11,22H2,(H,24,25). The van der Waals surface area contributed by atoms with Gasteiger partial charge in [-0.25, -0.2) is 0 Å². The molecule has 2 aromatic carbocycles. The van der Waals surface area contributed by atoms with Crippen LogP contribution in [0.2, 0.25) is 0 Å². The average molecular weight is 357 g/mol. The lowest BCUT2D eigenvalue weighted by Crippen LogP contribution is -2.08. The quantitative estimate of drug-likeness (QED) is 0.586. The minimum Gasteiger partial charge on any atom is -0.434 e. The van der Waals surface area contributed by atoms with Gasteiger partial charge in [0.05, 0.1) is 11.4 Å². The van der Waals surface area contributed by atoms with Gasteiger partial charge < -0.3 is 20.8 Å². The van der Waals surface area contributed by atoms with Crippen LogP contribution in [0.4, 0.5) is 20.2 Å². The smallest absolute Gasteiger partial charge is 0.387 e. The van der Waals surface area contributed by atoms with E-state index in [-0.39, 0.29) is 17.9 Å². The lowest BCUT2D eigenvalue weighted by molar-refractivity contribution is -0.0504.